The van der Waals surface area contributed by atoms with Gasteiger partial charge >= 0.3 is 0 Å². The van der Waals surface area contributed by atoms with Crippen molar-refractivity contribution >= 4 is 28.0 Å². The lowest BCUT2D eigenvalue weighted by molar-refractivity contribution is -0.651. The number of rotatable bonds is 2. The molecule has 4 nitrogen and oxygen atoms in total. The minimum atomic E-state index is 0.724. The van der Waals surface area contributed by atoms with Crippen LogP contribution in [0.4, 0.5) is 17.1 Å². The van der Waals surface area contributed by atoms with Gasteiger partial charge in [-0.3, -0.25) is 0 Å². The summed E-state index contributed by atoms with van der Waals surface area (Å²) in [5, 5.41) is 9.79. The second kappa shape index (κ2) is 5.32. The third-order valence-corrected chi connectivity index (χ3v) is 3.58. The maximum atomic E-state index is 5.67. The first-order valence-electron chi connectivity index (χ1n) is 6.81. The maximum absolute atomic E-state index is 5.67. The van der Waals surface area contributed by atoms with Gasteiger partial charge in [0.1, 0.15) is 12.7 Å². The molecule has 4 heteroatoms. The number of nitrogen functional groups attached to an aromatic ring is 1. The highest BCUT2D eigenvalue weighted by atomic mass is 15.1. The van der Waals surface area contributed by atoms with E-state index in [-0.39, 0.29) is 0 Å². The van der Waals surface area contributed by atoms with Crippen molar-refractivity contribution in [3.63, 3.8) is 0 Å². The van der Waals surface area contributed by atoms with Crippen LogP contribution >= 0.6 is 0 Å². The van der Waals surface area contributed by atoms with Crippen molar-refractivity contribution in [1.82, 2.24) is 0 Å². The van der Waals surface area contributed by atoms with E-state index in [4.69, 9.17) is 5.73 Å². The molecule has 0 saturated carbocycles. The fourth-order valence-corrected chi connectivity index (χ4v) is 2.28. The number of hydrogen-bond donors (Lipinski definition) is 1. The number of para-hydroxylation sites is 1. The molecule has 0 saturated heterocycles. The van der Waals surface area contributed by atoms with Crippen molar-refractivity contribution in [2.24, 2.45) is 17.3 Å². The number of hydrogen-bond acceptors (Lipinski definition) is 3. The van der Waals surface area contributed by atoms with Crippen LogP contribution in [0.3, 0.4) is 0 Å². The molecule has 0 aliphatic rings. The standard InChI is InChI=1S/C17H16N4/c1-12-11-16(15-5-3-4-6-17(15)21(12)2)20-19-14-9-7-13(18)8-10-14/h3-11,18H,1-2H3/p+1. The number of fused-ring (bicyclic) bond motifs is 1. The highest BCUT2D eigenvalue weighted by Crippen LogP contribution is 2.26. The van der Waals surface area contributed by atoms with Gasteiger partial charge in [-0.05, 0) is 30.3 Å². The molecule has 21 heavy (non-hydrogen) atoms. The Morgan fingerprint density at radius 2 is 1.67 bits per heavy atom. The largest absolute Gasteiger partial charge is 0.399 e. The van der Waals surface area contributed by atoms with Crippen molar-refractivity contribution in [2.45, 2.75) is 6.92 Å². The molecule has 1 heterocycles. The molecule has 2 aromatic carbocycles. The summed E-state index contributed by atoms with van der Waals surface area (Å²) in [6, 6.07) is 17.6. The van der Waals surface area contributed by atoms with E-state index in [0.717, 1.165) is 33.7 Å². The minimum absolute atomic E-state index is 0.724. The third kappa shape index (κ3) is 2.60. The molecule has 1 aromatic heterocycles. The summed E-state index contributed by atoms with van der Waals surface area (Å²) in [7, 11) is 2.05. The summed E-state index contributed by atoms with van der Waals surface area (Å²) in [4.78, 5) is 0. The van der Waals surface area contributed by atoms with Crippen LogP contribution in [0, 0.1) is 6.92 Å². The second-order valence-corrected chi connectivity index (χ2v) is 5.04. The number of aromatic nitrogens is 1. The molecule has 0 atom stereocenters. The Bertz CT molecular complexity index is 820. The third-order valence-electron chi connectivity index (χ3n) is 3.58. The quantitative estimate of drug-likeness (QED) is 0.430. The van der Waals surface area contributed by atoms with Gasteiger partial charge in [0.05, 0.1) is 11.1 Å². The van der Waals surface area contributed by atoms with E-state index in [1.165, 1.54) is 0 Å². The Balaban J connectivity index is 2.08. The van der Waals surface area contributed by atoms with Gasteiger partial charge in [-0.1, -0.05) is 12.1 Å². The number of pyridine rings is 1. The van der Waals surface area contributed by atoms with Crippen molar-refractivity contribution in [3.05, 3.63) is 60.3 Å². The van der Waals surface area contributed by atoms with E-state index in [0.29, 0.717) is 0 Å². The van der Waals surface area contributed by atoms with Gasteiger partial charge in [-0.25, -0.2) is 0 Å². The van der Waals surface area contributed by atoms with E-state index in [1.54, 1.807) is 0 Å². The van der Waals surface area contributed by atoms with Gasteiger partial charge in [-0.2, -0.15) is 9.68 Å². The van der Waals surface area contributed by atoms with Gasteiger partial charge < -0.3 is 5.73 Å². The predicted octanol–water partition coefficient (Wildman–Crippen LogP) is 3.97. The molecule has 0 aliphatic carbocycles. The second-order valence-electron chi connectivity index (χ2n) is 5.04. The van der Waals surface area contributed by atoms with Crippen LogP contribution in [-0.4, -0.2) is 0 Å². The monoisotopic (exact) mass is 277 g/mol. The van der Waals surface area contributed by atoms with Gasteiger partial charge in [0, 0.05) is 24.7 Å². The molecule has 0 aliphatic heterocycles. The zero-order valence-electron chi connectivity index (χ0n) is 12.1. The van der Waals surface area contributed by atoms with E-state index in [1.807, 2.05) is 42.5 Å². The van der Waals surface area contributed by atoms with Crippen molar-refractivity contribution in [1.29, 1.82) is 0 Å². The molecule has 3 rings (SSSR count). The Hall–Kier alpha value is -2.75. The maximum Gasteiger partial charge on any atom is 0.214 e. The van der Waals surface area contributed by atoms with E-state index in [2.05, 4.69) is 40.9 Å². The molecule has 3 aromatic rings. The van der Waals surface area contributed by atoms with Gasteiger partial charge in [0.2, 0.25) is 5.52 Å². The molecule has 2 N–H and O–H groups in total. The summed E-state index contributed by atoms with van der Waals surface area (Å²) >= 11 is 0. The Kier molecular flexibility index (Phi) is 3.36. The molecule has 0 bridgehead atoms. The summed E-state index contributed by atoms with van der Waals surface area (Å²) in [6.45, 7) is 2.06. The molecule has 0 unspecified atom stereocenters. The number of azo groups is 1. The number of nitrogens with zero attached hydrogens (tertiary/aromatic N) is 3. The van der Waals surface area contributed by atoms with E-state index in [9.17, 15) is 0 Å². The molecule has 0 spiro atoms. The molecule has 0 amide bonds. The van der Waals surface area contributed by atoms with Gasteiger partial charge in [0.15, 0.2) is 5.69 Å². The van der Waals surface area contributed by atoms with Gasteiger partial charge in [0.25, 0.3) is 0 Å². The Labute approximate surface area is 123 Å². The van der Waals surface area contributed by atoms with Crippen molar-refractivity contribution in [2.75, 3.05) is 5.73 Å². The first-order chi connectivity index (χ1) is 10.1. The lowest BCUT2D eigenvalue weighted by Crippen LogP contribution is -2.32. The van der Waals surface area contributed by atoms with E-state index >= 15 is 0 Å². The van der Waals surface area contributed by atoms with E-state index < -0.39 is 0 Å². The summed E-state index contributed by atoms with van der Waals surface area (Å²) in [6.07, 6.45) is 0. The predicted molar refractivity (Wildman–Crippen MR) is 84.9 cm³/mol. The fraction of sp³-hybridized carbons (Fsp3) is 0.118. The average Bonchev–Trinajstić information content (AvgIpc) is 2.51. The number of anilines is 1. The highest BCUT2D eigenvalue weighted by Gasteiger charge is 2.12. The Morgan fingerprint density at radius 3 is 2.43 bits per heavy atom. The minimum Gasteiger partial charge on any atom is -0.399 e. The lowest BCUT2D eigenvalue weighted by Gasteiger charge is -2.02. The average molecular weight is 277 g/mol. The van der Waals surface area contributed by atoms with Crippen molar-refractivity contribution in [3.8, 4) is 0 Å². The molecule has 0 fully saturated rings. The molecule has 104 valence electrons. The zero-order valence-corrected chi connectivity index (χ0v) is 12.1. The number of nitrogens with two attached hydrogens (primary N) is 1. The van der Waals surface area contributed by atoms with Crippen LogP contribution in [-0.2, 0) is 7.05 Å². The first-order valence-corrected chi connectivity index (χ1v) is 6.81. The fourth-order valence-electron chi connectivity index (χ4n) is 2.28. The number of benzene rings is 2. The normalized spacial score (nSPS) is 11.3. The van der Waals surface area contributed by atoms with Crippen molar-refractivity contribution < 1.29 is 4.57 Å². The summed E-state index contributed by atoms with van der Waals surface area (Å²) in [5.41, 5.74) is 10.3. The van der Waals surface area contributed by atoms with Crippen LogP contribution in [0.2, 0.25) is 0 Å². The molecular weight excluding hydrogens is 260 g/mol. The van der Waals surface area contributed by atoms with Crippen LogP contribution in [0.1, 0.15) is 5.69 Å². The lowest BCUT2D eigenvalue weighted by atomic mass is 10.1. The zero-order chi connectivity index (χ0) is 14.8. The smallest absolute Gasteiger partial charge is 0.214 e. The molecule has 0 radical (unpaired) electrons. The topological polar surface area (TPSA) is 54.6 Å². The molecular formula is C17H17N4+. The number of aryl methyl sites for hydroxylation is 2. The van der Waals surface area contributed by atoms with Gasteiger partial charge in [-0.15, -0.1) is 5.11 Å². The van der Waals surface area contributed by atoms with Crippen LogP contribution in [0.25, 0.3) is 10.9 Å². The SMILES string of the molecule is Cc1cc(N=Nc2ccc(N)cc2)c2ccccc2[n+]1C. The van der Waals surface area contributed by atoms with Crippen LogP contribution < -0.4 is 10.3 Å². The van der Waals surface area contributed by atoms with Crippen LogP contribution in [0.5, 0.6) is 0 Å². The van der Waals surface area contributed by atoms with Crippen LogP contribution in [0.15, 0.2) is 64.8 Å². The Morgan fingerprint density at radius 1 is 0.952 bits per heavy atom. The summed E-state index contributed by atoms with van der Waals surface area (Å²) in [5.74, 6) is 0. The summed E-state index contributed by atoms with van der Waals surface area (Å²) < 4.78 is 2.15. The first kappa shape index (κ1) is 13.2. The highest BCUT2D eigenvalue weighted by molar-refractivity contribution is 5.87.